The van der Waals surface area contributed by atoms with Gasteiger partial charge in [-0.1, -0.05) is 11.6 Å². The van der Waals surface area contributed by atoms with Crippen LogP contribution >= 0.6 is 11.6 Å². The second-order valence-corrected chi connectivity index (χ2v) is 5.71. The average molecular weight is 335 g/mol. The first kappa shape index (κ1) is 15.5. The molecule has 3 rings (SSSR count). The smallest absolute Gasteiger partial charge is 0.181 e. The molecule has 1 unspecified atom stereocenters. The van der Waals surface area contributed by atoms with Crippen LogP contribution in [-0.2, 0) is 0 Å². The largest absolute Gasteiger partial charge is 0.384 e. The lowest BCUT2D eigenvalue weighted by Crippen LogP contribution is -2.46. The molecule has 0 spiro atoms. The summed E-state index contributed by atoms with van der Waals surface area (Å²) in [4.78, 5) is 5.61. The topological polar surface area (TPSA) is 85.5 Å². The van der Waals surface area contributed by atoms with Gasteiger partial charge < -0.3 is 5.73 Å². The third kappa shape index (κ3) is 2.80. The van der Waals surface area contributed by atoms with E-state index in [0.717, 1.165) is 11.4 Å². The van der Waals surface area contributed by atoms with Crippen molar-refractivity contribution in [3.8, 4) is 0 Å². The predicted molar refractivity (Wildman–Crippen MR) is 89.5 cm³/mol. The van der Waals surface area contributed by atoms with Crippen molar-refractivity contribution in [1.82, 2.24) is 9.78 Å². The van der Waals surface area contributed by atoms with Gasteiger partial charge in [0, 0.05) is 16.8 Å². The zero-order valence-electron chi connectivity index (χ0n) is 12.7. The van der Waals surface area contributed by atoms with E-state index in [1.54, 1.807) is 10.8 Å². The second-order valence-electron chi connectivity index (χ2n) is 5.27. The fraction of sp³-hybridized carbons (Fsp3) is 0.200. The van der Waals surface area contributed by atoms with E-state index in [-0.39, 0.29) is 11.5 Å². The van der Waals surface area contributed by atoms with Crippen molar-refractivity contribution >= 4 is 28.9 Å². The van der Waals surface area contributed by atoms with Crippen molar-refractivity contribution in [1.29, 1.82) is 0 Å². The number of aromatic nitrogens is 2. The van der Waals surface area contributed by atoms with E-state index in [1.165, 1.54) is 23.1 Å². The second kappa shape index (κ2) is 5.68. The highest BCUT2D eigenvalue weighted by molar-refractivity contribution is 6.30. The Morgan fingerprint density at radius 2 is 2.00 bits per heavy atom. The summed E-state index contributed by atoms with van der Waals surface area (Å²) in [6.45, 7) is 3.76. The molecule has 0 aliphatic carbocycles. The van der Waals surface area contributed by atoms with Gasteiger partial charge in [-0.2, -0.15) is 5.10 Å². The van der Waals surface area contributed by atoms with E-state index in [1.807, 2.05) is 19.9 Å². The number of anilines is 1. The van der Waals surface area contributed by atoms with Crippen LogP contribution in [0, 0.1) is 19.7 Å². The van der Waals surface area contributed by atoms with Gasteiger partial charge in [0.15, 0.2) is 6.29 Å². The highest BCUT2D eigenvalue weighted by atomic mass is 35.5. The maximum atomic E-state index is 14.3. The molecule has 1 aliphatic heterocycles. The lowest BCUT2D eigenvalue weighted by atomic mass is 10.2. The molecule has 0 bridgehead atoms. The fourth-order valence-electron chi connectivity index (χ4n) is 2.55. The lowest BCUT2D eigenvalue weighted by molar-refractivity contribution is 0.604. The number of nitrogens with zero attached hydrogens (tertiary/aromatic N) is 4. The molecule has 4 N–H and O–H groups in total. The van der Waals surface area contributed by atoms with Gasteiger partial charge in [-0.15, -0.1) is 0 Å². The minimum absolute atomic E-state index is 0.208. The summed E-state index contributed by atoms with van der Waals surface area (Å²) in [6.07, 6.45) is 0.718. The van der Waals surface area contributed by atoms with E-state index in [0.29, 0.717) is 10.8 Å². The van der Waals surface area contributed by atoms with Crippen LogP contribution in [0.25, 0.3) is 5.82 Å². The Balaban J connectivity index is 2.19. The zero-order valence-corrected chi connectivity index (χ0v) is 13.4. The molecule has 8 heteroatoms. The van der Waals surface area contributed by atoms with Crippen molar-refractivity contribution < 1.29 is 4.39 Å². The van der Waals surface area contributed by atoms with Crippen LogP contribution in [-0.4, -0.2) is 21.9 Å². The Morgan fingerprint density at radius 1 is 1.26 bits per heavy atom. The molecule has 1 aromatic carbocycles. The summed E-state index contributed by atoms with van der Waals surface area (Å²) in [5.41, 5.74) is 13.8. The first-order valence-electron chi connectivity index (χ1n) is 6.95. The maximum Gasteiger partial charge on any atom is 0.181 e. The van der Waals surface area contributed by atoms with Crippen LogP contribution < -0.4 is 16.4 Å². The summed E-state index contributed by atoms with van der Waals surface area (Å²) in [5, 5.41) is 4.81. The van der Waals surface area contributed by atoms with Crippen LogP contribution in [0.15, 0.2) is 35.3 Å². The van der Waals surface area contributed by atoms with E-state index in [2.05, 4.69) is 10.1 Å². The molecular formula is C15H16ClFN6. The lowest BCUT2D eigenvalue weighted by Gasteiger charge is -2.33. The van der Waals surface area contributed by atoms with Crippen molar-refractivity contribution in [2.24, 2.45) is 16.5 Å². The number of benzene rings is 1. The normalized spacial score (nSPS) is 18.0. The number of halogens is 2. The summed E-state index contributed by atoms with van der Waals surface area (Å²) in [6, 6.07) is 6.15. The minimum atomic E-state index is -0.883. The third-order valence-electron chi connectivity index (χ3n) is 3.46. The number of aryl methyl sites for hydroxylation is 2. The monoisotopic (exact) mass is 334 g/mol. The standard InChI is InChI=1S/C15H16ClFN6/c1-8-5-9(2)23(21-8)14-7-13(18)20-15(19)22(14)12-6-10(16)3-4-11(12)17/h3-7,15H,19H2,1-2H3,(H2,18,20). The molecule has 1 atom stereocenters. The molecule has 120 valence electrons. The third-order valence-corrected chi connectivity index (χ3v) is 3.70. The molecule has 2 aromatic rings. The van der Waals surface area contributed by atoms with Gasteiger partial charge in [-0.05, 0) is 38.1 Å². The van der Waals surface area contributed by atoms with Crippen LogP contribution in [0.5, 0.6) is 0 Å². The van der Waals surface area contributed by atoms with E-state index < -0.39 is 12.1 Å². The molecule has 1 aromatic heterocycles. The number of amidine groups is 1. The summed E-state index contributed by atoms with van der Waals surface area (Å²) in [7, 11) is 0. The Labute approximate surface area is 137 Å². The zero-order chi connectivity index (χ0) is 16.7. The summed E-state index contributed by atoms with van der Waals surface area (Å²) in [5.74, 6) is 0.295. The predicted octanol–water partition coefficient (Wildman–Crippen LogP) is 2.21. The maximum absolute atomic E-state index is 14.3. The van der Waals surface area contributed by atoms with Crippen LogP contribution in [0.4, 0.5) is 10.1 Å². The van der Waals surface area contributed by atoms with Gasteiger partial charge in [-0.25, -0.2) is 14.1 Å². The molecular weight excluding hydrogens is 319 g/mol. The fourth-order valence-corrected chi connectivity index (χ4v) is 2.71. The molecule has 2 heterocycles. The van der Waals surface area contributed by atoms with E-state index >= 15 is 0 Å². The average Bonchev–Trinajstić information content (AvgIpc) is 2.80. The molecule has 23 heavy (non-hydrogen) atoms. The summed E-state index contributed by atoms with van der Waals surface area (Å²) >= 11 is 6.00. The molecule has 0 fully saturated rings. The molecule has 0 saturated heterocycles. The Kier molecular flexibility index (Phi) is 3.83. The van der Waals surface area contributed by atoms with Gasteiger partial charge in [0.25, 0.3) is 0 Å². The van der Waals surface area contributed by atoms with Gasteiger partial charge >= 0.3 is 0 Å². The first-order valence-corrected chi connectivity index (χ1v) is 7.33. The van der Waals surface area contributed by atoms with Crippen molar-refractivity contribution in [2.75, 3.05) is 4.90 Å². The number of hydrogen-bond acceptors (Lipinski definition) is 5. The number of aliphatic imine (C=N–C) groups is 1. The molecule has 0 amide bonds. The Bertz CT molecular complexity index is 825. The summed E-state index contributed by atoms with van der Waals surface area (Å²) < 4.78 is 16.0. The van der Waals surface area contributed by atoms with E-state index in [4.69, 9.17) is 23.1 Å². The van der Waals surface area contributed by atoms with Crippen LogP contribution in [0.2, 0.25) is 5.02 Å². The van der Waals surface area contributed by atoms with E-state index in [9.17, 15) is 4.39 Å². The van der Waals surface area contributed by atoms with Crippen molar-refractivity contribution in [3.63, 3.8) is 0 Å². The molecule has 0 radical (unpaired) electrons. The molecule has 0 saturated carbocycles. The van der Waals surface area contributed by atoms with Gasteiger partial charge in [0.1, 0.15) is 17.5 Å². The highest BCUT2D eigenvalue weighted by Crippen LogP contribution is 2.31. The number of hydrogen-bond donors (Lipinski definition) is 2. The Hall–Kier alpha value is -2.38. The quantitative estimate of drug-likeness (QED) is 0.881. The first-order chi connectivity index (χ1) is 10.9. The highest BCUT2D eigenvalue weighted by Gasteiger charge is 2.28. The molecule has 6 nitrogen and oxygen atoms in total. The number of nitrogens with two attached hydrogens (primary N) is 2. The van der Waals surface area contributed by atoms with Gasteiger partial charge in [0.05, 0.1) is 11.4 Å². The minimum Gasteiger partial charge on any atom is -0.384 e. The SMILES string of the molecule is Cc1cc(C)n(C2=CC(N)=NC(N)N2c2cc(Cl)ccc2F)n1. The molecule has 1 aliphatic rings. The van der Waals surface area contributed by atoms with Gasteiger partial charge in [-0.3, -0.25) is 10.6 Å². The van der Waals surface area contributed by atoms with Crippen LogP contribution in [0.3, 0.4) is 0 Å². The van der Waals surface area contributed by atoms with Crippen molar-refractivity contribution in [3.05, 3.63) is 52.6 Å². The van der Waals surface area contributed by atoms with Gasteiger partial charge in [0.2, 0.25) is 0 Å². The van der Waals surface area contributed by atoms with Crippen molar-refractivity contribution in [2.45, 2.75) is 20.1 Å². The van der Waals surface area contributed by atoms with Crippen LogP contribution in [0.1, 0.15) is 11.4 Å². The number of rotatable bonds is 2. The Morgan fingerprint density at radius 3 is 2.65 bits per heavy atom.